The Bertz CT molecular complexity index is 861. The van der Waals surface area contributed by atoms with Gasteiger partial charge in [0.2, 0.25) is 0 Å². The number of nitrogens with zero attached hydrogens (tertiary/aromatic N) is 8. The van der Waals surface area contributed by atoms with Gasteiger partial charge in [-0.15, -0.1) is 0 Å². The maximum atomic E-state index is 4.12. The molecule has 4 rings (SSSR count). The second-order valence-corrected chi connectivity index (χ2v) is 5.39. The van der Waals surface area contributed by atoms with E-state index in [9.17, 15) is 0 Å². The van der Waals surface area contributed by atoms with E-state index >= 15 is 0 Å². The van der Waals surface area contributed by atoms with E-state index in [-0.39, 0.29) is 0 Å². The van der Waals surface area contributed by atoms with Crippen LogP contribution in [0.25, 0.3) is 22.3 Å². The number of H-pyrrole nitrogens is 2. The average Bonchev–Trinajstić information content (AvgIpc) is 3.23. The van der Waals surface area contributed by atoms with Crippen molar-refractivity contribution in [2.45, 2.75) is 0 Å². The first-order valence-corrected chi connectivity index (χ1v) is 7.20. The Hall–Kier alpha value is -3.30. The van der Waals surface area contributed by atoms with Crippen LogP contribution >= 0.6 is 0 Å². The number of aromatic amines is 2. The fourth-order valence-electron chi connectivity index (χ4n) is 2.18. The van der Waals surface area contributed by atoms with Crippen molar-refractivity contribution in [3.63, 3.8) is 0 Å². The molecule has 124 valence electrons. The zero-order chi connectivity index (χ0) is 17.1. The summed E-state index contributed by atoms with van der Waals surface area (Å²) in [4.78, 5) is 34.1. The van der Waals surface area contributed by atoms with Crippen LogP contribution in [-0.4, -0.2) is 68.1 Å². The van der Waals surface area contributed by atoms with E-state index in [1.807, 2.05) is 38.0 Å². The van der Waals surface area contributed by atoms with Crippen LogP contribution in [0.2, 0.25) is 0 Å². The molecule has 0 aliphatic carbocycles. The number of rotatable bonds is 2. The molecular formula is C14H18N10. The molecule has 0 radical (unpaired) electrons. The molecule has 0 spiro atoms. The molecule has 0 aromatic carbocycles. The predicted molar refractivity (Wildman–Crippen MR) is 92.0 cm³/mol. The molecule has 0 atom stereocenters. The number of fused-ring (bicyclic) bond motifs is 2. The zero-order valence-electron chi connectivity index (χ0n) is 13.9. The molecule has 0 aliphatic rings. The minimum atomic E-state index is 0.703. The Kier molecular flexibility index (Phi) is 4.18. The van der Waals surface area contributed by atoms with Crippen molar-refractivity contribution >= 4 is 34.0 Å². The molecule has 0 bridgehead atoms. The lowest BCUT2D eigenvalue weighted by Gasteiger charge is -2.10. The molecule has 0 saturated carbocycles. The van der Waals surface area contributed by atoms with Gasteiger partial charge in [-0.2, -0.15) is 0 Å². The highest BCUT2D eigenvalue weighted by Gasteiger charge is 2.06. The molecule has 24 heavy (non-hydrogen) atoms. The fraction of sp³-hybridized carbons (Fsp3) is 0.286. The highest BCUT2D eigenvalue weighted by Crippen LogP contribution is 2.17. The molecule has 10 heteroatoms. The Labute approximate surface area is 138 Å². The third-order valence-electron chi connectivity index (χ3n) is 3.25. The third-order valence-corrected chi connectivity index (χ3v) is 3.25. The number of aromatic nitrogens is 8. The first kappa shape index (κ1) is 15.6. The first-order chi connectivity index (χ1) is 11.6. The molecular weight excluding hydrogens is 308 g/mol. The molecule has 4 aromatic heterocycles. The van der Waals surface area contributed by atoms with Crippen LogP contribution in [0.15, 0.2) is 25.3 Å². The van der Waals surface area contributed by atoms with Crippen LogP contribution < -0.4 is 9.80 Å². The van der Waals surface area contributed by atoms with Crippen molar-refractivity contribution in [2.24, 2.45) is 0 Å². The van der Waals surface area contributed by atoms with Gasteiger partial charge < -0.3 is 19.8 Å². The van der Waals surface area contributed by atoms with E-state index in [1.54, 1.807) is 12.7 Å². The predicted octanol–water partition coefficient (Wildman–Crippen LogP) is 0.838. The molecule has 0 fully saturated rings. The number of nitrogens with one attached hydrogen (secondary N) is 2. The number of anilines is 2. The van der Waals surface area contributed by atoms with Gasteiger partial charge in [0.05, 0.1) is 12.7 Å². The minimum Gasteiger partial charge on any atom is -0.361 e. The lowest BCUT2D eigenvalue weighted by molar-refractivity contribution is 1.06. The summed E-state index contributed by atoms with van der Waals surface area (Å²) >= 11 is 0. The maximum absolute atomic E-state index is 4.12. The topological polar surface area (TPSA) is 115 Å². The number of imidazole rings is 2. The lowest BCUT2D eigenvalue weighted by atomic mass is 10.5. The summed E-state index contributed by atoms with van der Waals surface area (Å²) in [5, 5.41) is 0. The smallest absolute Gasteiger partial charge is 0.182 e. The van der Waals surface area contributed by atoms with Gasteiger partial charge in [-0.1, -0.05) is 0 Å². The van der Waals surface area contributed by atoms with Crippen molar-refractivity contribution in [3.05, 3.63) is 25.3 Å². The van der Waals surface area contributed by atoms with Gasteiger partial charge in [0.15, 0.2) is 22.9 Å². The van der Waals surface area contributed by atoms with Crippen molar-refractivity contribution in [1.29, 1.82) is 0 Å². The van der Waals surface area contributed by atoms with Crippen LogP contribution in [0.1, 0.15) is 0 Å². The highest BCUT2D eigenvalue weighted by molar-refractivity contribution is 5.82. The van der Waals surface area contributed by atoms with Gasteiger partial charge in [-0.25, -0.2) is 29.9 Å². The average molecular weight is 326 g/mol. The molecule has 0 saturated heterocycles. The van der Waals surface area contributed by atoms with Crippen LogP contribution in [0.3, 0.4) is 0 Å². The van der Waals surface area contributed by atoms with Crippen molar-refractivity contribution in [1.82, 2.24) is 39.9 Å². The van der Waals surface area contributed by atoms with Crippen LogP contribution in [-0.2, 0) is 0 Å². The summed E-state index contributed by atoms with van der Waals surface area (Å²) in [7, 11) is 7.73. The monoisotopic (exact) mass is 326 g/mol. The highest BCUT2D eigenvalue weighted by atomic mass is 15.2. The lowest BCUT2D eigenvalue weighted by Crippen LogP contribution is -2.11. The van der Waals surface area contributed by atoms with Crippen molar-refractivity contribution in [2.75, 3.05) is 38.0 Å². The number of hydrogen-bond donors (Lipinski definition) is 2. The summed E-state index contributed by atoms with van der Waals surface area (Å²) in [6, 6.07) is 0. The van der Waals surface area contributed by atoms with E-state index in [0.29, 0.717) is 11.3 Å². The van der Waals surface area contributed by atoms with Gasteiger partial charge in [-0.05, 0) is 0 Å². The minimum absolute atomic E-state index is 0.703. The summed E-state index contributed by atoms with van der Waals surface area (Å²) in [5.74, 6) is 1.72. The second-order valence-electron chi connectivity index (χ2n) is 5.39. The van der Waals surface area contributed by atoms with Gasteiger partial charge >= 0.3 is 0 Å². The Balaban J connectivity index is 0.000000141. The Morgan fingerprint density at radius 2 is 1.04 bits per heavy atom. The van der Waals surface area contributed by atoms with Crippen LogP contribution in [0.4, 0.5) is 11.6 Å². The quantitative estimate of drug-likeness (QED) is 0.557. The molecule has 4 aromatic rings. The van der Waals surface area contributed by atoms with E-state index in [0.717, 1.165) is 22.7 Å². The normalized spacial score (nSPS) is 10.5. The third kappa shape index (κ3) is 2.93. The Morgan fingerprint density at radius 1 is 0.625 bits per heavy atom. The Morgan fingerprint density at radius 3 is 1.42 bits per heavy atom. The summed E-state index contributed by atoms with van der Waals surface area (Å²) in [6.07, 6.45) is 6.26. The van der Waals surface area contributed by atoms with E-state index in [1.165, 1.54) is 12.7 Å². The molecule has 0 aliphatic heterocycles. The molecule has 10 nitrogen and oxygen atoms in total. The van der Waals surface area contributed by atoms with Gasteiger partial charge in [0, 0.05) is 28.2 Å². The maximum Gasteiger partial charge on any atom is 0.182 e. The van der Waals surface area contributed by atoms with Gasteiger partial charge in [-0.3, -0.25) is 0 Å². The molecule has 0 unspecified atom stereocenters. The molecule has 4 heterocycles. The van der Waals surface area contributed by atoms with E-state index < -0.39 is 0 Å². The SMILES string of the molecule is CN(C)c1ncnc2nc[nH]c12.CN(C)c1ncnc2nc[nH]c12. The molecule has 0 amide bonds. The van der Waals surface area contributed by atoms with Crippen molar-refractivity contribution in [3.8, 4) is 0 Å². The second kappa shape index (κ2) is 6.44. The molecule has 2 N–H and O–H groups in total. The summed E-state index contributed by atoms with van der Waals surface area (Å²) in [6.45, 7) is 0. The van der Waals surface area contributed by atoms with E-state index in [2.05, 4.69) is 39.9 Å². The van der Waals surface area contributed by atoms with Crippen LogP contribution in [0, 0.1) is 0 Å². The van der Waals surface area contributed by atoms with E-state index in [4.69, 9.17) is 0 Å². The van der Waals surface area contributed by atoms with Crippen LogP contribution in [0.5, 0.6) is 0 Å². The summed E-state index contributed by atoms with van der Waals surface area (Å²) < 4.78 is 0. The largest absolute Gasteiger partial charge is 0.361 e. The fourth-order valence-corrected chi connectivity index (χ4v) is 2.18. The standard InChI is InChI=1S/2C7H9N5/c2*1-12(2)7-5-6(9-3-8-5)10-4-11-7/h2*3-4H,1-2H3,(H,8,9,10,11). The van der Waals surface area contributed by atoms with Gasteiger partial charge in [0.25, 0.3) is 0 Å². The van der Waals surface area contributed by atoms with Crippen molar-refractivity contribution < 1.29 is 0 Å². The van der Waals surface area contributed by atoms with Gasteiger partial charge in [0.1, 0.15) is 23.7 Å². The first-order valence-electron chi connectivity index (χ1n) is 7.20. The number of hydrogen-bond acceptors (Lipinski definition) is 8. The zero-order valence-corrected chi connectivity index (χ0v) is 13.9. The summed E-state index contributed by atoms with van der Waals surface area (Å²) in [5.41, 5.74) is 3.16.